The van der Waals surface area contributed by atoms with E-state index in [1.54, 1.807) is 26.8 Å². The third kappa shape index (κ3) is 9.34. The van der Waals surface area contributed by atoms with Crippen molar-refractivity contribution < 1.29 is 59.6 Å². The van der Waals surface area contributed by atoms with Crippen LogP contribution in [0.3, 0.4) is 0 Å². The van der Waals surface area contributed by atoms with Crippen LogP contribution in [0.2, 0.25) is 0 Å². The van der Waals surface area contributed by atoms with E-state index in [0.717, 1.165) is 0 Å². The fourth-order valence-electron chi connectivity index (χ4n) is 5.94. The van der Waals surface area contributed by atoms with Crippen molar-refractivity contribution in [3.05, 3.63) is 35.0 Å². The van der Waals surface area contributed by atoms with Crippen molar-refractivity contribution >= 4 is 43.0 Å². The third-order valence-electron chi connectivity index (χ3n) is 10.6. The van der Waals surface area contributed by atoms with Crippen LogP contribution >= 0.6 is 0 Å². The van der Waals surface area contributed by atoms with E-state index in [9.17, 15) is 41.1 Å². The van der Waals surface area contributed by atoms with E-state index in [-0.39, 0.29) is 35.8 Å². The van der Waals surface area contributed by atoms with E-state index in [1.807, 2.05) is 0 Å². The molecule has 15 nitrogen and oxygen atoms in total. The molecule has 53 heavy (non-hydrogen) atoms. The topological polar surface area (TPSA) is 227 Å². The van der Waals surface area contributed by atoms with Gasteiger partial charge in [0.1, 0.15) is 37.9 Å². The van der Waals surface area contributed by atoms with Crippen molar-refractivity contribution in [3.8, 4) is 0 Å². The molecule has 2 aromatic heterocycles. The summed E-state index contributed by atoms with van der Waals surface area (Å²) < 4.78 is 69.3. The lowest BCUT2D eigenvalue weighted by atomic mass is 9.83. The van der Waals surface area contributed by atoms with Gasteiger partial charge < -0.3 is 23.6 Å². The Kier molecular flexibility index (Phi) is 13.8. The standard InChI is InChI=1S/C19H29NO6S.C17H25NO7S/c1-6-16(21)18(2,3)15-11-13(26-20-15)12-17(22)19(4,5)27(23,24)14-7-9-25-10-8-14;1-16(2,15(20)21)13-9-11(25-18-13)10-14(19)17(3,4)26(22,23)12-5-7-24-8-6-12/h11,14H,6-10,12H2,1-5H3;9,12H,5-8,10H2,1-4H3,(H,20,21). The molecule has 0 saturated carbocycles. The monoisotopic (exact) mass is 786 g/mol. The number of carboxylic acids is 1. The lowest BCUT2D eigenvalue weighted by Gasteiger charge is -2.30. The van der Waals surface area contributed by atoms with Gasteiger partial charge in [-0.2, -0.15) is 0 Å². The first-order valence-corrected chi connectivity index (χ1v) is 20.8. The molecule has 1 N–H and O–H groups in total. The Morgan fingerprint density at radius 3 is 1.30 bits per heavy atom. The Bertz CT molecular complexity index is 1860. The van der Waals surface area contributed by atoms with Gasteiger partial charge in [-0.25, -0.2) is 16.8 Å². The van der Waals surface area contributed by atoms with Gasteiger partial charge in [-0.15, -0.1) is 0 Å². The van der Waals surface area contributed by atoms with Gasteiger partial charge in [-0.3, -0.25) is 19.2 Å². The molecule has 0 bridgehead atoms. The number of ether oxygens (including phenoxy) is 2. The van der Waals surface area contributed by atoms with Gasteiger partial charge in [0.2, 0.25) is 0 Å². The van der Waals surface area contributed by atoms with E-state index < -0.39 is 68.0 Å². The number of carboxylic acid groups (broad SMARTS) is 1. The van der Waals surface area contributed by atoms with Gasteiger partial charge >= 0.3 is 5.97 Å². The molecule has 0 spiro atoms. The summed E-state index contributed by atoms with van der Waals surface area (Å²) in [6.45, 7) is 15.4. The van der Waals surface area contributed by atoms with E-state index in [0.29, 0.717) is 64.2 Å². The minimum atomic E-state index is -3.70. The number of Topliss-reactive ketones (excluding diaryl/α,β-unsaturated/α-hetero) is 3. The molecule has 0 aliphatic carbocycles. The maximum atomic E-state index is 13.0. The van der Waals surface area contributed by atoms with Gasteiger partial charge in [0.25, 0.3) is 0 Å². The molecule has 2 fully saturated rings. The molecule has 4 heterocycles. The number of nitrogens with zero attached hydrogens (tertiary/aromatic N) is 2. The Labute approximate surface area is 311 Å². The van der Waals surface area contributed by atoms with E-state index in [2.05, 4.69) is 10.3 Å². The lowest BCUT2D eigenvalue weighted by molar-refractivity contribution is -0.142. The lowest BCUT2D eigenvalue weighted by Crippen LogP contribution is -2.48. The fourth-order valence-corrected chi connectivity index (χ4v) is 10.0. The van der Waals surface area contributed by atoms with Crippen LogP contribution in [0.15, 0.2) is 21.2 Å². The smallest absolute Gasteiger partial charge is 0.315 e. The Balaban J connectivity index is 0.000000286. The number of hydrogen-bond acceptors (Lipinski definition) is 14. The number of hydrogen-bond donors (Lipinski definition) is 1. The normalized spacial score (nSPS) is 17.2. The summed E-state index contributed by atoms with van der Waals surface area (Å²) in [6, 6.07) is 2.96. The van der Waals surface area contributed by atoms with Crippen LogP contribution in [0.4, 0.5) is 0 Å². The number of carbonyl (C=O) groups excluding carboxylic acids is 3. The Morgan fingerprint density at radius 2 is 0.981 bits per heavy atom. The van der Waals surface area contributed by atoms with Crippen molar-refractivity contribution in [1.29, 1.82) is 0 Å². The van der Waals surface area contributed by atoms with Crippen molar-refractivity contribution in [2.45, 2.75) is 138 Å². The first-order valence-electron chi connectivity index (χ1n) is 17.7. The maximum Gasteiger partial charge on any atom is 0.315 e. The Hall–Kier alpha value is -3.28. The summed E-state index contributed by atoms with van der Waals surface area (Å²) in [5.74, 6) is -1.62. The molecular formula is C36H54N2O13S2. The highest BCUT2D eigenvalue weighted by Gasteiger charge is 2.48. The first-order chi connectivity index (χ1) is 24.3. The van der Waals surface area contributed by atoms with Gasteiger partial charge in [0.05, 0.1) is 34.5 Å². The van der Waals surface area contributed by atoms with Crippen LogP contribution in [0.5, 0.6) is 0 Å². The van der Waals surface area contributed by atoms with Crippen molar-refractivity contribution in [1.82, 2.24) is 10.3 Å². The molecule has 0 radical (unpaired) electrons. The highest BCUT2D eigenvalue weighted by molar-refractivity contribution is 7.94. The number of aliphatic carboxylic acids is 1. The molecule has 2 aliphatic heterocycles. The fraction of sp³-hybridized carbons (Fsp3) is 0.722. The number of ketones is 3. The number of carbonyl (C=O) groups is 4. The minimum Gasteiger partial charge on any atom is -0.481 e. The van der Waals surface area contributed by atoms with Crippen LogP contribution in [-0.4, -0.2) is 102 Å². The zero-order chi connectivity index (χ0) is 40.2. The molecule has 0 aromatic carbocycles. The van der Waals surface area contributed by atoms with Crippen molar-refractivity contribution in [3.63, 3.8) is 0 Å². The van der Waals surface area contributed by atoms with Crippen LogP contribution in [0.1, 0.15) is 117 Å². The molecule has 4 rings (SSSR count). The summed E-state index contributed by atoms with van der Waals surface area (Å²) in [4.78, 5) is 48.9. The zero-order valence-electron chi connectivity index (χ0n) is 32.1. The number of rotatable bonds is 15. The van der Waals surface area contributed by atoms with Gasteiger partial charge in [-0.1, -0.05) is 17.2 Å². The van der Waals surface area contributed by atoms with E-state index in [1.165, 1.54) is 47.6 Å². The predicted octanol–water partition coefficient (Wildman–Crippen LogP) is 3.94. The predicted molar refractivity (Wildman–Crippen MR) is 193 cm³/mol. The average molecular weight is 787 g/mol. The molecule has 0 atom stereocenters. The second-order valence-electron chi connectivity index (χ2n) is 15.6. The molecule has 0 unspecified atom stereocenters. The van der Waals surface area contributed by atoms with Gasteiger partial charge in [0, 0.05) is 45.0 Å². The largest absolute Gasteiger partial charge is 0.481 e. The molecule has 0 amide bonds. The van der Waals surface area contributed by atoms with E-state index in [4.69, 9.17) is 18.5 Å². The second-order valence-corrected chi connectivity index (χ2v) is 21.2. The van der Waals surface area contributed by atoms with Crippen molar-refractivity contribution in [2.75, 3.05) is 26.4 Å². The molecule has 2 aromatic rings. The quantitative estimate of drug-likeness (QED) is 0.270. The molecular weight excluding hydrogens is 733 g/mol. The van der Waals surface area contributed by atoms with Crippen molar-refractivity contribution in [2.24, 2.45) is 0 Å². The Morgan fingerprint density at radius 1 is 0.642 bits per heavy atom. The van der Waals surface area contributed by atoms with Gasteiger partial charge in [-0.05, 0) is 81.1 Å². The maximum absolute atomic E-state index is 13.0. The SMILES string of the molecule is CC(C)(C(=O)O)c1cc(CC(=O)C(C)(C)S(=O)(=O)C2CCOCC2)on1.CCC(=O)C(C)(C)c1cc(CC(=O)C(C)(C)S(=O)(=O)C2CCOCC2)on1. The summed E-state index contributed by atoms with van der Waals surface area (Å²) in [5, 5.41) is 15.7. The second kappa shape index (κ2) is 16.6. The molecule has 2 aliphatic rings. The van der Waals surface area contributed by atoms with Gasteiger partial charge in [0.15, 0.2) is 31.2 Å². The van der Waals surface area contributed by atoms with Crippen LogP contribution in [0, 0.1) is 0 Å². The van der Waals surface area contributed by atoms with Crippen LogP contribution < -0.4 is 0 Å². The third-order valence-corrected chi connectivity index (χ3v) is 16.6. The van der Waals surface area contributed by atoms with Crippen LogP contribution in [-0.2, 0) is 72.0 Å². The average Bonchev–Trinajstić information content (AvgIpc) is 3.79. The minimum absolute atomic E-state index is 0.0103. The highest BCUT2D eigenvalue weighted by atomic mass is 32.2. The van der Waals surface area contributed by atoms with E-state index >= 15 is 0 Å². The summed E-state index contributed by atoms with van der Waals surface area (Å²) in [5.41, 5.74) is -1.46. The number of sulfone groups is 2. The molecule has 2 saturated heterocycles. The first kappa shape index (κ1) is 44.1. The van der Waals surface area contributed by atoms with Crippen LogP contribution in [0.25, 0.3) is 0 Å². The number of aromatic nitrogens is 2. The molecule has 17 heteroatoms. The molecule has 298 valence electrons. The summed E-state index contributed by atoms with van der Waals surface area (Å²) >= 11 is 0. The summed E-state index contributed by atoms with van der Waals surface area (Å²) in [7, 11) is -7.37. The summed E-state index contributed by atoms with van der Waals surface area (Å²) in [6.07, 6.45) is 1.47. The zero-order valence-corrected chi connectivity index (χ0v) is 33.8. The highest BCUT2D eigenvalue weighted by Crippen LogP contribution is 2.32.